The van der Waals surface area contributed by atoms with Gasteiger partial charge in [-0.05, 0) is 30.7 Å². The molecule has 17 heavy (non-hydrogen) atoms. The van der Waals surface area contributed by atoms with Crippen molar-refractivity contribution < 1.29 is 4.74 Å². The minimum atomic E-state index is 0.413. The van der Waals surface area contributed by atoms with Gasteiger partial charge < -0.3 is 10.1 Å². The Labute approximate surface area is 116 Å². The molecule has 2 nitrogen and oxygen atoms in total. The average Bonchev–Trinajstić information content (AvgIpc) is 2.37. The van der Waals surface area contributed by atoms with Crippen molar-refractivity contribution in [1.29, 1.82) is 0 Å². The van der Waals surface area contributed by atoms with Crippen LogP contribution in [0.3, 0.4) is 0 Å². The van der Waals surface area contributed by atoms with E-state index in [4.69, 9.17) is 4.74 Å². The highest BCUT2D eigenvalue weighted by Gasteiger charge is 2.25. The first-order chi connectivity index (χ1) is 8.27. The Morgan fingerprint density at radius 3 is 3.06 bits per heavy atom. The summed E-state index contributed by atoms with van der Waals surface area (Å²) in [6, 6.07) is 4.55. The van der Waals surface area contributed by atoms with E-state index >= 15 is 0 Å². The molecule has 2 rings (SSSR count). The third-order valence-electron chi connectivity index (χ3n) is 3.00. The number of rotatable bonds is 4. The number of methoxy groups -OCH3 is 1. The van der Waals surface area contributed by atoms with Crippen LogP contribution in [0.2, 0.25) is 0 Å². The molecule has 0 saturated carbocycles. The summed E-state index contributed by atoms with van der Waals surface area (Å²) in [5.74, 6) is 3.20. The van der Waals surface area contributed by atoms with Crippen LogP contribution in [0.1, 0.15) is 30.5 Å². The molecule has 1 aliphatic rings. The van der Waals surface area contributed by atoms with Crippen molar-refractivity contribution in [3.8, 4) is 5.75 Å². The molecule has 0 amide bonds. The molecule has 1 heterocycles. The fraction of sp³-hybridized carbons (Fsp3) is 0.538. The smallest absolute Gasteiger partial charge is 0.124 e. The van der Waals surface area contributed by atoms with Gasteiger partial charge in [0.1, 0.15) is 5.75 Å². The van der Waals surface area contributed by atoms with Crippen LogP contribution in [0.15, 0.2) is 16.6 Å². The predicted octanol–water partition coefficient (Wildman–Crippen LogP) is 3.75. The first-order valence-corrected chi connectivity index (χ1v) is 7.89. The zero-order chi connectivity index (χ0) is 12.3. The number of hydrogen-bond acceptors (Lipinski definition) is 3. The highest BCUT2D eigenvalue weighted by atomic mass is 79.9. The first kappa shape index (κ1) is 13.2. The van der Waals surface area contributed by atoms with E-state index < -0.39 is 0 Å². The number of fused-ring (bicyclic) bond motifs is 1. The van der Waals surface area contributed by atoms with Crippen molar-refractivity contribution in [3.05, 3.63) is 27.7 Å². The number of benzene rings is 1. The number of hydrogen-bond donors (Lipinski definition) is 1. The fourth-order valence-electron chi connectivity index (χ4n) is 2.17. The normalized spacial score (nSPS) is 18.9. The molecule has 0 radical (unpaired) electrons. The van der Waals surface area contributed by atoms with Crippen molar-refractivity contribution >= 4 is 27.7 Å². The van der Waals surface area contributed by atoms with Crippen molar-refractivity contribution in [1.82, 2.24) is 5.32 Å². The van der Waals surface area contributed by atoms with E-state index in [1.54, 1.807) is 7.11 Å². The van der Waals surface area contributed by atoms with Crippen LogP contribution in [0.4, 0.5) is 0 Å². The molecule has 4 heteroatoms. The van der Waals surface area contributed by atoms with Crippen molar-refractivity contribution in [3.63, 3.8) is 0 Å². The topological polar surface area (TPSA) is 21.3 Å². The minimum Gasteiger partial charge on any atom is -0.496 e. The Bertz CT molecular complexity index is 397. The number of ether oxygens (including phenoxy) is 1. The molecule has 94 valence electrons. The molecule has 0 saturated heterocycles. The Hall–Kier alpha value is -0.190. The summed E-state index contributed by atoms with van der Waals surface area (Å²) in [6.07, 6.45) is 1.16. The summed E-state index contributed by atoms with van der Waals surface area (Å²) >= 11 is 5.63. The maximum absolute atomic E-state index is 5.51. The highest BCUT2D eigenvalue weighted by molar-refractivity contribution is 9.10. The maximum Gasteiger partial charge on any atom is 0.124 e. The summed E-state index contributed by atoms with van der Waals surface area (Å²) in [4.78, 5) is 0. The largest absolute Gasteiger partial charge is 0.496 e. The fourth-order valence-corrected chi connectivity index (χ4v) is 3.99. The summed E-state index contributed by atoms with van der Waals surface area (Å²) in [7, 11) is 1.75. The molecule has 0 bridgehead atoms. The molecule has 1 aliphatic heterocycles. The molecule has 1 aromatic rings. The van der Waals surface area contributed by atoms with E-state index in [0.717, 1.165) is 30.2 Å². The molecular weight excluding hydrogens is 298 g/mol. The molecule has 1 N–H and O–H groups in total. The second kappa shape index (κ2) is 6.12. The van der Waals surface area contributed by atoms with Crippen LogP contribution in [-0.2, 0) is 5.75 Å². The van der Waals surface area contributed by atoms with Crippen LogP contribution in [0, 0.1) is 0 Å². The summed E-state index contributed by atoms with van der Waals surface area (Å²) in [5, 5.41) is 3.61. The molecule has 1 aromatic carbocycles. The van der Waals surface area contributed by atoms with Crippen molar-refractivity contribution in [2.75, 3.05) is 19.4 Å². The Morgan fingerprint density at radius 1 is 1.53 bits per heavy atom. The van der Waals surface area contributed by atoms with Crippen LogP contribution in [0.25, 0.3) is 0 Å². The van der Waals surface area contributed by atoms with Gasteiger partial charge in [0, 0.05) is 27.6 Å². The zero-order valence-corrected chi connectivity index (χ0v) is 12.7. The SMILES string of the molecule is CCCNC1CSCc2c(Br)ccc(OC)c21. The van der Waals surface area contributed by atoms with Gasteiger partial charge in [0.05, 0.1) is 7.11 Å². The van der Waals surface area contributed by atoms with Gasteiger partial charge in [-0.2, -0.15) is 11.8 Å². The van der Waals surface area contributed by atoms with E-state index in [1.165, 1.54) is 15.6 Å². The Balaban J connectivity index is 2.36. The van der Waals surface area contributed by atoms with Crippen LogP contribution in [-0.4, -0.2) is 19.4 Å². The van der Waals surface area contributed by atoms with Crippen molar-refractivity contribution in [2.24, 2.45) is 0 Å². The van der Waals surface area contributed by atoms with Crippen LogP contribution >= 0.6 is 27.7 Å². The summed E-state index contributed by atoms with van der Waals surface area (Å²) in [6.45, 7) is 3.25. The lowest BCUT2D eigenvalue weighted by atomic mass is 10.0. The van der Waals surface area contributed by atoms with Crippen LogP contribution in [0.5, 0.6) is 5.75 Å². The molecule has 0 aromatic heterocycles. The Kier molecular flexibility index (Phi) is 4.77. The van der Waals surface area contributed by atoms with Gasteiger partial charge in [0.25, 0.3) is 0 Å². The number of halogens is 1. The summed E-state index contributed by atoms with van der Waals surface area (Å²) < 4.78 is 6.71. The second-order valence-electron chi connectivity index (χ2n) is 4.16. The first-order valence-electron chi connectivity index (χ1n) is 5.94. The molecule has 1 unspecified atom stereocenters. The predicted molar refractivity (Wildman–Crippen MR) is 77.9 cm³/mol. The molecule has 0 spiro atoms. The molecule has 1 atom stereocenters. The quantitative estimate of drug-likeness (QED) is 0.914. The van der Waals surface area contributed by atoms with E-state index in [1.807, 2.05) is 11.8 Å². The van der Waals surface area contributed by atoms with Gasteiger partial charge in [-0.1, -0.05) is 22.9 Å². The zero-order valence-electron chi connectivity index (χ0n) is 10.3. The number of thioether (sulfide) groups is 1. The monoisotopic (exact) mass is 315 g/mol. The second-order valence-corrected chi connectivity index (χ2v) is 6.05. The Morgan fingerprint density at radius 2 is 2.35 bits per heavy atom. The van der Waals surface area contributed by atoms with Crippen molar-refractivity contribution in [2.45, 2.75) is 25.1 Å². The van der Waals surface area contributed by atoms with E-state index in [-0.39, 0.29) is 0 Å². The third-order valence-corrected chi connectivity index (χ3v) is 4.80. The molecular formula is C13H18BrNOS. The highest BCUT2D eigenvalue weighted by Crippen LogP contribution is 2.41. The average molecular weight is 316 g/mol. The van der Waals surface area contributed by atoms with Gasteiger partial charge in [-0.3, -0.25) is 0 Å². The molecule has 0 aliphatic carbocycles. The lowest BCUT2D eigenvalue weighted by Crippen LogP contribution is -2.28. The minimum absolute atomic E-state index is 0.413. The van der Waals surface area contributed by atoms with E-state index in [2.05, 4.69) is 40.3 Å². The number of nitrogens with one attached hydrogen (secondary N) is 1. The van der Waals surface area contributed by atoms with Gasteiger partial charge in [-0.15, -0.1) is 0 Å². The lowest BCUT2D eigenvalue weighted by molar-refractivity contribution is 0.400. The van der Waals surface area contributed by atoms with E-state index in [0.29, 0.717) is 6.04 Å². The van der Waals surface area contributed by atoms with Gasteiger partial charge in [0.2, 0.25) is 0 Å². The summed E-state index contributed by atoms with van der Waals surface area (Å²) in [5.41, 5.74) is 2.73. The molecule has 0 fully saturated rings. The van der Waals surface area contributed by atoms with Gasteiger partial charge in [-0.25, -0.2) is 0 Å². The standard InChI is InChI=1S/C13H18BrNOS/c1-3-6-15-11-8-17-7-9-10(14)4-5-12(16-2)13(9)11/h4-5,11,15H,3,6-8H2,1-2H3. The van der Waals surface area contributed by atoms with Crippen LogP contribution < -0.4 is 10.1 Å². The lowest BCUT2D eigenvalue weighted by Gasteiger charge is -2.28. The van der Waals surface area contributed by atoms with Gasteiger partial charge >= 0.3 is 0 Å². The third kappa shape index (κ3) is 2.80. The van der Waals surface area contributed by atoms with Gasteiger partial charge in [0.15, 0.2) is 0 Å². The van der Waals surface area contributed by atoms with E-state index in [9.17, 15) is 0 Å². The maximum atomic E-state index is 5.51.